The Balaban J connectivity index is 1.61. The number of rotatable bonds is 6. The third-order valence-corrected chi connectivity index (χ3v) is 5.40. The van der Waals surface area contributed by atoms with Crippen molar-refractivity contribution >= 4 is 11.8 Å². The molecule has 0 N–H and O–H groups in total. The van der Waals surface area contributed by atoms with Gasteiger partial charge in [0.25, 0.3) is 0 Å². The maximum absolute atomic E-state index is 13.0. The number of nitrogens with zero attached hydrogens (tertiary/aromatic N) is 1. The van der Waals surface area contributed by atoms with Gasteiger partial charge in [-0.05, 0) is 54.2 Å². The van der Waals surface area contributed by atoms with E-state index in [2.05, 4.69) is 30.3 Å². The summed E-state index contributed by atoms with van der Waals surface area (Å²) < 4.78 is 7.06. The second-order valence-corrected chi connectivity index (χ2v) is 7.81. The van der Waals surface area contributed by atoms with Gasteiger partial charge in [-0.25, -0.2) is 0 Å². The van der Waals surface area contributed by atoms with E-state index in [1.165, 1.54) is 5.56 Å². The molecule has 0 radical (unpaired) electrons. The van der Waals surface area contributed by atoms with Crippen LogP contribution in [-0.4, -0.2) is 17.1 Å². The molecular formula is C28H27NO2. The van der Waals surface area contributed by atoms with Gasteiger partial charge < -0.3 is 9.94 Å². The molecule has 0 amide bonds. The Morgan fingerprint density at radius 3 is 2.23 bits per heavy atom. The van der Waals surface area contributed by atoms with E-state index < -0.39 is 0 Å². The molecule has 1 atom stereocenters. The van der Waals surface area contributed by atoms with Gasteiger partial charge in [-0.1, -0.05) is 78.9 Å². The molecule has 0 aliphatic carbocycles. The van der Waals surface area contributed by atoms with Gasteiger partial charge in [-0.15, -0.1) is 0 Å². The van der Waals surface area contributed by atoms with Crippen molar-refractivity contribution in [3.63, 3.8) is 0 Å². The summed E-state index contributed by atoms with van der Waals surface area (Å²) in [6, 6.07) is 30.3. The van der Waals surface area contributed by atoms with E-state index in [4.69, 9.17) is 4.74 Å². The molecule has 0 saturated carbocycles. The van der Waals surface area contributed by atoms with Crippen LogP contribution in [0.1, 0.15) is 29.5 Å². The minimum Gasteiger partial charge on any atom is -0.618 e. The highest BCUT2D eigenvalue weighted by molar-refractivity contribution is 6.12. The lowest BCUT2D eigenvalue weighted by atomic mass is 9.89. The van der Waals surface area contributed by atoms with E-state index in [-0.39, 0.29) is 0 Å². The third-order valence-electron chi connectivity index (χ3n) is 5.40. The zero-order valence-electron chi connectivity index (χ0n) is 17.6. The highest BCUT2D eigenvalue weighted by atomic mass is 16.5. The van der Waals surface area contributed by atoms with E-state index in [0.29, 0.717) is 24.8 Å². The molecular weight excluding hydrogens is 382 g/mol. The lowest BCUT2D eigenvalue weighted by Gasteiger charge is -2.21. The van der Waals surface area contributed by atoms with E-state index >= 15 is 0 Å². The van der Waals surface area contributed by atoms with E-state index in [1.807, 2.05) is 72.8 Å². The Morgan fingerprint density at radius 1 is 0.871 bits per heavy atom. The predicted molar refractivity (Wildman–Crippen MR) is 127 cm³/mol. The quantitative estimate of drug-likeness (QED) is 0.358. The second-order valence-electron chi connectivity index (χ2n) is 7.81. The molecule has 0 aromatic heterocycles. The fraction of sp³-hybridized carbons (Fsp3) is 0.179. The number of allylic oxidation sites excluding steroid dienone is 2. The number of hydroxylamine groups is 1. The molecule has 0 fully saturated rings. The average molecular weight is 410 g/mol. The van der Waals surface area contributed by atoms with Crippen LogP contribution in [0.15, 0.2) is 109 Å². The maximum atomic E-state index is 13.0. The maximum Gasteiger partial charge on any atom is 0.226 e. The Bertz CT molecular complexity index is 1050. The summed E-state index contributed by atoms with van der Waals surface area (Å²) >= 11 is 0. The largest absolute Gasteiger partial charge is 0.618 e. The molecule has 4 rings (SSSR count). The summed E-state index contributed by atoms with van der Waals surface area (Å²) in [6.07, 6.45) is 7.33. The van der Waals surface area contributed by atoms with Crippen LogP contribution in [0.4, 0.5) is 0 Å². The standard InChI is InChI=1S/C28H27NO2/c30-29-18-10-15-25(22-31-21-24-13-6-2-7-14-24)20-27(19-23-11-4-1-5-12-23)28(29)26-16-8-3-9-17-26/h1-14,16-19,25H,15,20-22H2/b18-10-,27-19-,29-28+. The van der Waals surface area contributed by atoms with Crippen LogP contribution >= 0.6 is 0 Å². The molecule has 3 nitrogen and oxygen atoms in total. The highest BCUT2D eigenvalue weighted by Crippen LogP contribution is 2.25. The number of hydrogen-bond donors (Lipinski definition) is 0. The van der Waals surface area contributed by atoms with Gasteiger partial charge in [-0.2, -0.15) is 4.74 Å². The highest BCUT2D eigenvalue weighted by Gasteiger charge is 2.24. The monoisotopic (exact) mass is 409 g/mol. The Morgan fingerprint density at radius 2 is 1.52 bits per heavy atom. The second kappa shape index (κ2) is 10.6. The van der Waals surface area contributed by atoms with Crippen molar-refractivity contribution in [1.82, 2.24) is 0 Å². The molecule has 31 heavy (non-hydrogen) atoms. The molecule has 3 heteroatoms. The van der Waals surface area contributed by atoms with Gasteiger partial charge >= 0.3 is 0 Å². The molecule has 0 spiro atoms. The van der Waals surface area contributed by atoms with Crippen molar-refractivity contribution in [2.24, 2.45) is 5.92 Å². The first-order valence-corrected chi connectivity index (χ1v) is 10.7. The van der Waals surface area contributed by atoms with Crippen LogP contribution in [0, 0.1) is 11.1 Å². The SMILES string of the molecule is [O-][N+]1=C(c2ccccc2)/C(=C\c2ccccc2)CC(COCc2ccccc2)C/C=C\1. The summed E-state index contributed by atoms with van der Waals surface area (Å²) in [5.41, 5.74) is 4.92. The van der Waals surface area contributed by atoms with Crippen LogP contribution in [0.5, 0.6) is 0 Å². The van der Waals surface area contributed by atoms with Crippen LogP contribution in [0.2, 0.25) is 0 Å². The fourth-order valence-electron chi connectivity index (χ4n) is 3.89. The molecule has 1 unspecified atom stereocenters. The smallest absolute Gasteiger partial charge is 0.226 e. The van der Waals surface area contributed by atoms with Crippen molar-refractivity contribution in [3.8, 4) is 0 Å². The Labute approximate surface area is 184 Å². The van der Waals surface area contributed by atoms with Gasteiger partial charge in [0.05, 0.1) is 13.2 Å². The number of hydrogen-bond acceptors (Lipinski definition) is 2. The summed E-state index contributed by atoms with van der Waals surface area (Å²) in [5, 5.41) is 13.0. The first kappa shape index (κ1) is 20.8. The van der Waals surface area contributed by atoms with Crippen molar-refractivity contribution in [2.75, 3.05) is 6.61 Å². The first-order chi connectivity index (χ1) is 15.3. The summed E-state index contributed by atoms with van der Waals surface area (Å²) in [4.78, 5) is 0. The summed E-state index contributed by atoms with van der Waals surface area (Å²) in [5.74, 6) is 0.294. The summed E-state index contributed by atoms with van der Waals surface area (Å²) in [6.45, 7) is 1.24. The third kappa shape index (κ3) is 5.80. The molecule has 3 aromatic rings. The van der Waals surface area contributed by atoms with Crippen LogP contribution in [0.3, 0.4) is 0 Å². The Kier molecular flexibility index (Phi) is 7.09. The van der Waals surface area contributed by atoms with Crippen LogP contribution in [0.25, 0.3) is 6.08 Å². The van der Waals surface area contributed by atoms with Gasteiger partial charge in [-0.3, -0.25) is 0 Å². The van der Waals surface area contributed by atoms with Crippen molar-refractivity contribution in [3.05, 3.63) is 131 Å². The van der Waals surface area contributed by atoms with Crippen LogP contribution < -0.4 is 0 Å². The fourth-order valence-corrected chi connectivity index (χ4v) is 3.89. The average Bonchev–Trinajstić information content (AvgIpc) is 2.80. The van der Waals surface area contributed by atoms with Gasteiger partial charge in [0.15, 0.2) is 6.20 Å². The molecule has 1 aliphatic heterocycles. The zero-order valence-corrected chi connectivity index (χ0v) is 17.6. The van der Waals surface area contributed by atoms with E-state index in [1.54, 1.807) is 6.20 Å². The van der Waals surface area contributed by atoms with E-state index in [9.17, 15) is 5.21 Å². The zero-order chi connectivity index (χ0) is 21.3. The van der Waals surface area contributed by atoms with E-state index in [0.717, 1.165) is 34.3 Å². The van der Waals surface area contributed by atoms with Gasteiger partial charge in [0.2, 0.25) is 5.71 Å². The molecule has 1 aliphatic rings. The molecule has 1 heterocycles. The van der Waals surface area contributed by atoms with Gasteiger partial charge in [0.1, 0.15) is 0 Å². The summed E-state index contributed by atoms with van der Waals surface area (Å²) in [7, 11) is 0. The lowest BCUT2D eigenvalue weighted by molar-refractivity contribution is -0.378. The van der Waals surface area contributed by atoms with Crippen molar-refractivity contribution in [1.29, 1.82) is 0 Å². The minimum absolute atomic E-state index is 0.294. The van der Waals surface area contributed by atoms with Crippen molar-refractivity contribution in [2.45, 2.75) is 19.4 Å². The lowest BCUT2D eigenvalue weighted by Crippen LogP contribution is -2.21. The predicted octanol–water partition coefficient (Wildman–Crippen LogP) is 6.21. The first-order valence-electron chi connectivity index (χ1n) is 10.7. The molecule has 156 valence electrons. The van der Waals surface area contributed by atoms with Gasteiger partial charge in [0, 0.05) is 11.1 Å². The molecule has 3 aromatic carbocycles. The van der Waals surface area contributed by atoms with Crippen molar-refractivity contribution < 1.29 is 9.48 Å². The Hall–Kier alpha value is -3.43. The number of benzene rings is 3. The minimum atomic E-state index is 0.294. The van der Waals surface area contributed by atoms with Crippen LogP contribution in [-0.2, 0) is 11.3 Å². The molecule has 0 bridgehead atoms. The molecule has 0 saturated heterocycles. The topological polar surface area (TPSA) is 35.3 Å². The normalized spacial score (nSPS) is 21.4. The number of ether oxygens (including phenoxy) is 1.